The summed E-state index contributed by atoms with van der Waals surface area (Å²) < 4.78 is 0. The summed E-state index contributed by atoms with van der Waals surface area (Å²) in [6.07, 6.45) is 5.16. The van der Waals surface area contributed by atoms with Crippen LogP contribution >= 0.6 is 22.9 Å². The number of hydrogen-bond donors (Lipinski definition) is 1. The van der Waals surface area contributed by atoms with Crippen LogP contribution in [0.15, 0.2) is 42.2 Å². The van der Waals surface area contributed by atoms with Crippen LogP contribution < -0.4 is 5.32 Å². The lowest BCUT2D eigenvalue weighted by Gasteiger charge is -2.16. The Morgan fingerprint density at radius 2 is 2.04 bits per heavy atom. The summed E-state index contributed by atoms with van der Waals surface area (Å²) in [7, 11) is 0. The molecule has 122 valence electrons. The second kappa shape index (κ2) is 7.07. The number of pyridine rings is 1. The van der Waals surface area contributed by atoms with Crippen LogP contribution in [0.2, 0.25) is 5.02 Å². The smallest absolute Gasteiger partial charge is 0.263 e. The molecule has 24 heavy (non-hydrogen) atoms. The zero-order valence-electron chi connectivity index (χ0n) is 13.2. The lowest BCUT2D eigenvalue weighted by Crippen LogP contribution is -2.27. The Labute approximate surface area is 148 Å². The summed E-state index contributed by atoms with van der Waals surface area (Å²) in [5, 5.41) is 5.19. The van der Waals surface area contributed by atoms with Gasteiger partial charge in [0.25, 0.3) is 5.91 Å². The molecule has 0 radical (unpaired) electrons. The molecule has 3 aromatic rings. The molecule has 5 nitrogen and oxygen atoms in total. The van der Waals surface area contributed by atoms with E-state index in [0.29, 0.717) is 15.7 Å². The van der Waals surface area contributed by atoms with E-state index in [1.54, 1.807) is 30.0 Å². The van der Waals surface area contributed by atoms with Crippen LogP contribution in [-0.4, -0.2) is 20.9 Å². The van der Waals surface area contributed by atoms with Gasteiger partial charge in [0.05, 0.1) is 11.1 Å². The van der Waals surface area contributed by atoms with Crippen LogP contribution in [-0.2, 0) is 0 Å². The summed E-state index contributed by atoms with van der Waals surface area (Å²) in [4.78, 5) is 25.7. The van der Waals surface area contributed by atoms with E-state index >= 15 is 0 Å². The van der Waals surface area contributed by atoms with E-state index in [0.717, 1.165) is 16.8 Å². The number of carbonyl (C=O) groups is 1. The normalized spacial score (nSPS) is 12.0. The number of aromatic nitrogens is 3. The third-order valence-corrected chi connectivity index (χ3v) is 4.93. The molecule has 0 bridgehead atoms. The predicted molar refractivity (Wildman–Crippen MR) is 95.2 cm³/mol. The van der Waals surface area contributed by atoms with Crippen LogP contribution in [0.1, 0.15) is 33.9 Å². The van der Waals surface area contributed by atoms with Gasteiger partial charge in [-0.3, -0.25) is 9.78 Å². The van der Waals surface area contributed by atoms with Gasteiger partial charge in [-0.2, -0.15) is 0 Å². The molecule has 0 aromatic carbocycles. The molecule has 7 heteroatoms. The van der Waals surface area contributed by atoms with E-state index in [4.69, 9.17) is 11.6 Å². The molecule has 1 atom stereocenters. The summed E-state index contributed by atoms with van der Waals surface area (Å²) in [6.45, 7) is 3.81. The largest absolute Gasteiger partial charge is 0.345 e. The molecule has 0 saturated heterocycles. The topological polar surface area (TPSA) is 67.8 Å². The first-order chi connectivity index (χ1) is 11.6. The lowest BCUT2D eigenvalue weighted by molar-refractivity contribution is 0.0944. The summed E-state index contributed by atoms with van der Waals surface area (Å²) >= 11 is 7.32. The molecular weight excluding hydrogens is 344 g/mol. The van der Waals surface area contributed by atoms with Crippen molar-refractivity contribution in [3.05, 3.63) is 63.3 Å². The minimum atomic E-state index is -0.220. The van der Waals surface area contributed by atoms with E-state index in [-0.39, 0.29) is 11.9 Å². The van der Waals surface area contributed by atoms with Crippen molar-refractivity contribution >= 4 is 28.8 Å². The van der Waals surface area contributed by atoms with Crippen molar-refractivity contribution in [3.63, 3.8) is 0 Å². The summed E-state index contributed by atoms with van der Waals surface area (Å²) in [5.41, 5.74) is 2.59. The Morgan fingerprint density at radius 1 is 1.29 bits per heavy atom. The quantitative estimate of drug-likeness (QED) is 0.763. The summed E-state index contributed by atoms with van der Waals surface area (Å²) in [6, 6.07) is 5.21. The monoisotopic (exact) mass is 358 g/mol. The maximum absolute atomic E-state index is 12.3. The van der Waals surface area contributed by atoms with Crippen LogP contribution in [0.5, 0.6) is 0 Å². The molecule has 1 N–H and O–H groups in total. The molecule has 0 aliphatic heterocycles. The van der Waals surface area contributed by atoms with Gasteiger partial charge in [-0.15, -0.1) is 11.3 Å². The molecular formula is C17H15ClN4OS. The van der Waals surface area contributed by atoms with Gasteiger partial charge in [-0.25, -0.2) is 9.97 Å². The average molecular weight is 359 g/mol. The second-order valence-corrected chi connectivity index (χ2v) is 6.59. The Kier molecular flexibility index (Phi) is 4.87. The van der Waals surface area contributed by atoms with Gasteiger partial charge in [-0.1, -0.05) is 11.6 Å². The van der Waals surface area contributed by atoms with Crippen molar-refractivity contribution in [1.29, 1.82) is 0 Å². The minimum Gasteiger partial charge on any atom is -0.345 e. The number of amides is 1. The first-order valence-corrected chi connectivity index (χ1v) is 8.60. The first kappa shape index (κ1) is 16.5. The number of nitrogens with one attached hydrogen (secondary N) is 1. The summed E-state index contributed by atoms with van der Waals surface area (Å²) in [5.74, 6) is 0.443. The Morgan fingerprint density at radius 3 is 2.67 bits per heavy atom. The highest BCUT2D eigenvalue weighted by atomic mass is 35.5. The fraction of sp³-hybridized carbons (Fsp3) is 0.176. The van der Waals surface area contributed by atoms with E-state index in [9.17, 15) is 4.79 Å². The first-order valence-electron chi connectivity index (χ1n) is 7.34. The molecule has 0 aliphatic carbocycles. The Balaban J connectivity index is 1.79. The predicted octanol–water partition coefficient (Wildman–Crippen LogP) is 4.05. The molecule has 0 aliphatic rings. The number of hydrogen-bond acceptors (Lipinski definition) is 5. The molecule has 3 aromatic heterocycles. The van der Waals surface area contributed by atoms with Gasteiger partial charge < -0.3 is 5.32 Å². The fourth-order valence-corrected chi connectivity index (χ4v) is 3.38. The van der Waals surface area contributed by atoms with Crippen LogP contribution in [0.4, 0.5) is 0 Å². The highest BCUT2D eigenvalue weighted by Gasteiger charge is 2.17. The van der Waals surface area contributed by atoms with E-state index in [2.05, 4.69) is 20.3 Å². The minimum absolute atomic E-state index is 0.194. The van der Waals surface area contributed by atoms with Gasteiger partial charge in [0.15, 0.2) is 5.82 Å². The average Bonchev–Trinajstić information content (AvgIpc) is 3.01. The van der Waals surface area contributed by atoms with E-state index in [1.807, 2.05) is 26.0 Å². The van der Waals surface area contributed by atoms with Crippen molar-refractivity contribution < 1.29 is 4.79 Å². The highest BCUT2D eigenvalue weighted by Crippen LogP contribution is 2.24. The molecule has 3 rings (SSSR count). The maximum Gasteiger partial charge on any atom is 0.263 e. The third kappa shape index (κ3) is 3.44. The number of thiophene rings is 1. The van der Waals surface area contributed by atoms with Crippen LogP contribution in [0.25, 0.3) is 11.4 Å². The van der Waals surface area contributed by atoms with Crippen molar-refractivity contribution in [3.8, 4) is 11.4 Å². The van der Waals surface area contributed by atoms with Gasteiger partial charge in [0.2, 0.25) is 0 Å². The van der Waals surface area contributed by atoms with Crippen molar-refractivity contribution in [1.82, 2.24) is 20.3 Å². The zero-order valence-corrected chi connectivity index (χ0v) is 14.7. The van der Waals surface area contributed by atoms with Crippen molar-refractivity contribution in [2.45, 2.75) is 19.9 Å². The van der Waals surface area contributed by atoms with E-state index in [1.165, 1.54) is 11.3 Å². The maximum atomic E-state index is 12.3. The van der Waals surface area contributed by atoms with Gasteiger partial charge in [-0.05, 0) is 37.4 Å². The molecule has 1 amide bonds. The standard InChI is InChI=1S/C17H15ClN4OS/c1-10-13(9-20-16(21-10)12-3-6-19-7-4-12)11(2)22-17(23)15-14(18)5-8-24-15/h3-9,11H,1-2H3,(H,22,23)/t11-/m1/s1. The fourth-order valence-electron chi connectivity index (χ4n) is 2.34. The Bertz CT molecular complexity index is 866. The third-order valence-electron chi connectivity index (χ3n) is 3.59. The lowest BCUT2D eigenvalue weighted by atomic mass is 10.1. The SMILES string of the molecule is Cc1nc(-c2ccncc2)ncc1[C@@H](C)NC(=O)c1sccc1Cl. The number of halogens is 1. The number of carbonyl (C=O) groups excluding carboxylic acids is 1. The zero-order chi connectivity index (χ0) is 17.1. The Hall–Kier alpha value is -2.31. The van der Waals surface area contributed by atoms with Crippen molar-refractivity contribution in [2.24, 2.45) is 0 Å². The van der Waals surface area contributed by atoms with Crippen LogP contribution in [0, 0.1) is 6.92 Å². The number of nitrogens with zero attached hydrogens (tertiary/aromatic N) is 3. The number of aryl methyl sites for hydroxylation is 1. The van der Waals surface area contributed by atoms with Crippen LogP contribution in [0.3, 0.4) is 0 Å². The highest BCUT2D eigenvalue weighted by molar-refractivity contribution is 7.12. The molecule has 0 unspecified atom stereocenters. The van der Waals surface area contributed by atoms with E-state index < -0.39 is 0 Å². The molecule has 3 heterocycles. The van der Waals surface area contributed by atoms with Crippen molar-refractivity contribution in [2.75, 3.05) is 0 Å². The van der Waals surface area contributed by atoms with Gasteiger partial charge >= 0.3 is 0 Å². The second-order valence-electron chi connectivity index (χ2n) is 5.26. The molecule has 0 saturated carbocycles. The van der Waals surface area contributed by atoms with Gasteiger partial charge in [0.1, 0.15) is 4.88 Å². The molecule has 0 spiro atoms. The number of rotatable bonds is 4. The van der Waals surface area contributed by atoms with Gasteiger partial charge in [0, 0.05) is 35.4 Å². The molecule has 0 fully saturated rings.